The highest BCUT2D eigenvalue weighted by atomic mass is 16.2. The normalized spacial score (nSPS) is 36.1. The summed E-state index contributed by atoms with van der Waals surface area (Å²) in [6.45, 7) is 3.82. The first-order valence-corrected chi connectivity index (χ1v) is 8.09. The third-order valence-electron chi connectivity index (χ3n) is 5.89. The molecule has 4 atom stereocenters. The number of nitrogens with zero attached hydrogens (tertiary/aromatic N) is 1. The van der Waals surface area contributed by atoms with Gasteiger partial charge in [0.1, 0.15) is 5.78 Å². The van der Waals surface area contributed by atoms with Gasteiger partial charge in [-0.15, -0.1) is 0 Å². The summed E-state index contributed by atoms with van der Waals surface area (Å²) >= 11 is 0. The van der Waals surface area contributed by atoms with Gasteiger partial charge >= 0.3 is 0 Å². The number of benzene rings is 1. The first-order chi connectivity index (χ1) is 10.9. The molecule has 1 saturated heterocycles. The van der Waals surface area contributed by atoms with Crippen molar-refractivity contribution >= 4 is 23.3 Å². The van der Waals surface area contributed by atoms with Gasteiger partial charge in [-0.2, -0.15) is 0 Å². The minimum atomic E-state index is -0.747. The van der Waals surface area contributed by atoms with Crippen molar-refractivity contribution in [3.63, 3.8) is 0 Å². The Morgan fingerprint density at radius 2 is 1.78 bits per heavy atom. The highest BCUT2D eigenvalue weighted by Gasteiger charge is 2.63. The quantitative estimate of drug-likeness (QED) is 0.592. The predicted molar refractivity (Wildman–Crippen MR) is 85.5 cm³/mol. The van der Waals surface area contributed by atoms with Gasteiger partial charge < -0.3 is 0 Å². The van der Waals surface area contributed by atoms with Crippen LogP contribution in [0.1, 0.15) is 26.7 Å². The second-order valence-corrected chi connectivity index (χ2v) is 7.15. The van der Waals surface area contributed by atoms with E-state index in [0.29, 0.717) is 18.5 Å². The van der Waals surface area contributed by atoms with Crippen LogP contribution in [-0.2, 0) is 14.4 Å². The number of para-hydroxylation sites is 1. The van der Waals surface area contributed by atoms with E-state index in [9.17, 15) is 14.4 Å². The summed E-state index contributed by atoms with van der Waals surface area (Å²) in [5, 5.41) is 0. The molecular formula is C19H19NO3. The number of rotatable bonds is 1. The molecule has 2 aliphatic carbocycles. The molecule has 1 aliphatic heterocycles. The average molecular weight is 309 g/mol. The van der Waals surface area contributed by atoms with E-state index >= 15 is 0 Å². The summed E-state index contributed by atoms with van der Waals surface area (Å²) in [6.07, 6.45) is 3.09. The SMILES string of the molecule is CC1=CC[C@]2(C)C(=O)[C@H]1C[C@@H]1C(=O)N(c3ccccc3)C(=O)[C@@H]12. The van der Waals surface area contributed by atoms with Gasteiger partial charge in [0.25, 0.3) is 0 Å². The number of hydrogen-bond donors (Lipinski definition) is 0. The van der Waals surface area contributed by atoms with Crippen LogP contribution in [0, 0.1) is 23.2 Å². The molecule has 4 nitrogen and oxygen atoms in total. The summed E-state index contributed by atoms with van der Waals surface area (Å²) in [5.74, 6) is -1.34. The zero-order valence-electron chi connectivity index (χ0n) is 13.3. The zero-order valence-corrected chi connectivity index (χ0v) is 13.3. The molecule has 0 unspecified atom stereocenters. The Bertz CT molecular complexity index is 751. The summed E-state index contributed by atoms with van der Waals surface area (Å²) in [6, 6.07) is 9.02. The third-order valence-corrected chi connectivity index (χ3v) is 5.89. The third kappa shape index (κ3) is 1.75. The molecule has 118 valence electrons. The standard InChI is InChI=1S/C19H19NO3/c1-11-8-9-19(2)15-14(10-13(11)16(19)21)17(22)20(18(15)23)12-6-4-3-5-7-12/h3-8,13-15H,9-10H2,1-2H3/t13-,14-,15+,19-/m0/s1. The van der Waals surface area contributed by atoms with Crippen LogP contribution in [0.3, 0.4) is 0 Å². The number of imide groups is 1. The fourth-order valence-corrected chi connectivity index (χ4v) is 4.56. The number of Topliss-reactive ketones (excluding diaryl/α,β-unsaturated/α-hetero) is 1. The molecule has 0 radical (unpaired) electrons. The molecule has 2 bridgehead atoms. The minimum Gasteiger partial charge on any atom is -0.298 e. The van der Waals surface area contributed by atoms with E-state index in [0.717, 1.165) is 5.57 Å². The molecule has 1 heterocycles. The van der Waals surface area contributed by atoms with Crippen LogP contribution in [0.4, 0.5) is 5.69 Å². The van der Waals surface area contributed by atoms with Crippen molar-refractivity contribution in [3.8, 4) is 0 Å². The lowest BCUT2D eigenvalue weighted by Gasteiger charge is -2.45. The number of carbonyl (C=O) groups is 3. The molecule has 1 aromatic carbocycles. The van der Waals surface area contributed by atoms with Gasteiger partial charge in [-0.05, 0) is 31.9 Å². The number of anilines is 1. The van der Waals surface area contributed by atoms with E-state index < -0.39 is 11.3 Å². The molecule has 2 fully saturated rings. The van der Waals surface area contributed by atoms with E-state index in [1.807, 2.05) is 32.0 Å². The monoisotopic (exact) mass is 309 g/mol. The molecule has 0 spiro atoms. The van der Waals surface area contributed by atoms with Crippen LogP contribution in [0.2, 0.25) is 0 Å². The Hall–Kier alpha value is -2.23. The molecule has 4 heteroatoms. The van der Waals surface area contributed by atoms with Gasteiger partial charge in [0, 0.05) is 11.3 Å². The maximum atomic E-state index is 13.0. The smallest absolute Gasteiger partial charge is 0.238 e. The number of fused-ring (bicyclic) bond motifs is 4. The van der Waals surface area contributed by atoms with Crippen LogP contribution in [-0.4, -0.2) is 17.6 Å². The van der Waals surface area contributed by atoms with Crippen LogP contribution < -0.4 is 4.90 Å². The Labute approximate surface area is 135 Å². The molecule has 4 rings (SSSR count). The maximum Gasteiger partial charge on any atom is 0.238 e. The molecule has 1 aromatic rings. The van der Waals surface area contributed by atoms with Crippen molar-refractivity contribution in [3.05, 3.63) is 42.0 Å². The number of carbonyl (C=O) groups excluding carboxylic acids is 3. The van der Waals surface area contributed by atoms with Gasteiger partial charge in [-0.1, -0.05) is 36.8 Å². The predicted octanol–water partition coefficient (Wildman–Crippen LogP) is 2.74. The Morgan fingerprint density at radius 1 is 1.09 bits per heavy atom. The zero-order chi connectivity index (χ0) is 16.4. The van der Waals surface area contributed by atoms with Gasteiger partial charge in [-0.3, -0.25) is 19.3 Å². The topological polar surface area (TPSA) is 54.5 Å². The molecule has 0 N–H and O–H groups in total. The fourth-order valence-electron chi connectivity index (χ4n) is 4.56. The van der Waals surface area contributed by atoms with Crippen LogP contribution in [0.5, 0.6) is 0 Å². The largest absolute Gasteiger partial charge is 0.298 e. The van der Waals surface area contributed by atoms with Gasteiger partial charge in [0.15, 0.2) is 0 Å². The van der Waals surface area contributed by atoms with Crippen molar-refractivity contribution in [2.45, 2.75) is 26.7 Å². The lowest BCUT2D eigenvalue weighted by Crippen LogP contribution is -2.51. The van der Waals surface area contributed by atoms with Crippen molar-refractivity contribution < 1.29 is 14.4 Å². The van der Waals surface area contributed by atoms with Crippen LogP contribution in [0.25, 0.3) is 0 Å². The summed E-state index contributed by atoms with van der Waals surface area (Å²) < 4.78 is 0. The average Bonchev–Trinajstić information content (AvgIpc) is 2.79. The number of hydrogen-bond acceptors (Lipinski definition) is 3. The maximum absolute atomic E-state index is 13.0. The highest BCUT2D eigenvalue weighted by molar-refractivity contribution is 6.24. The van der Waals surface area contributed by atoms with E-state index in [4.69, 9.17) is 0 Å². The fraction of sp³-hybridized carbons (Fsp3) is 0.421. The highest BCUT2D eigenvalue weighted by Crippen LogP contribution is 2.55. The molecule has 0 aromatic heterocycles. The minimum absolute atomic E-state index is 0.134. The second kappa shape index (κ2) is 4.63. The van der Waals surface area contributed by atoms with Crippen LogP contribution >= 0.6 is 0 Å². The molecule has 23 heavy (non-hydrogen) atoms. The molecule has 3 aliphatic rings. The first-order valence-electron chi connectivity index (χ1n) is 8.09. The van der Waals surface area contributed by atoms with Crippen molar-refractivity contribution in [1.29, 1.82) is 0 Å². The van der Waals surface area contributed by atoms with Gasteiger partial charge in [0.2, 0.25) is 11.8 Å². The lowest BCUT2D eigenvalue weighted by atomic mass is 9.54. The number of allylic oxidation sites excluding steroid dienone is 2. The van der Waals surface area contributed by atoms with Crippen molar-refractivity contribution in [2.75, 3.05) is 4.90 Å². The second-order valence-electron chi connectivity index (χ2n) is 7.15. The number of ketones is 1. The summed E-state index contributed by atoms with van der Waals surface area (Å²) in [7, 11) is 0. The van der Waals surface area contributed by atoms with E-state index in [1.165, 1.54) is 4.90 Å². The van der Waals surface area contributed by atoms with Crippen molar-refractivity contribution in [1.82, 2.24) is 0 Å². The van der Waals surface area contributed by atoms with E-state index in [2.05, 4.69) is 6.08 Å². The Kier molecular flexibility index (Phi) is 2.89. The van der Waals surface area contributed by atoms with Gasteiger partial charge in [-0.25, -0.2) is 0 Å². The Balaban J connectivity index is 1.81. The van der Waals surface area contributed by atoms with E-state index in [-0.39, 0.29) is 29.4 Å². The summed E-state index contributed by atoms with van der Waals surface area (Å²) in [4.78, 5) is 40.1. The molecule has 2 amide bonds. The van der Waals surface area contributed by atoms with E-state index in [1.54, 1.807) is 12.1 Å². The van der Waals surface area contributed by atoms with Crippen molar-refractivity contribution in [2.24, 2.45) is 23.2 Å². The summed E-state index contributed by atoms with van der Waals surface area (Å²) in [5.41, 5.74) is 0.903. The molecule has 1 saturated carbocycles. The Morgan fingerprint density at radius 3 is 2.48 bits per heavy atom. The lowest BCUT2D eigenvalue weighted by molar-refractivity contribution is -0.147. The first kappa shape index (κ1) is 14.4. The number of amides is 2. The van der Waals surface area contributed by atoms with Gasteiger partial charge in [0.05, 0.1) is 17.5 Å². The molecular weight excluding hydrogens is 290 g/mol. The van der Waals surface area contributed by atoms with Crippen LogP contribution in [0.15, 0.2) is 42.0 Å².